The average molecular weight is 393 g/mol. The lowest BCUT2D eigenvalue weighted by Gasteiger charge is -2.22. The molecule has 7 heteroatoms. The van der Waals surface area contributed by atoms with Crippen LogP contribution < -0.4 is 15.2 Å². The van der Waals surface area contributed by atoms with E-state index in [1.54, 1.807) is 13.8 Å². The van der Waals surface area contributed by atoms with Gasteiger partial charge in [0, 0.05) is 0 Å². The van der Waals surface area contributed by atoms with E-state index in [-0.39, 0.29) is 28.9 Å². The van der Waals surface area contributed by atoms with E-state index < -0.39 is 23.4 Å². The summed E-state index contributed by atoms with van der Waals surface area (Å²) in [6.45, 7) is 8.77. The number of benzene rings is 1. The zero-order valence-corrected chi connectivity index (χ0v) is 17.3. The van der Waals surface area contributed by atoms with Crippen molar-refractivity contribution in [2.24, 2.45) is 17.6 Å². The molecule has 0 aliphatic rings. The summed E-state index contributed by atoms with van der Waals surface area (Å²) in [5, 5.41) is 9.35. The van der Waals surface area contributed by atoms with E-state index in [1.807, 2.05) is 13.8 Å². The first-order chi connectivity index (χ1) is 13.0. The minimum atomic E-state index is -1.69. The number of hydrogen-bond acceptors (Lipinski definition) is 6. The van der Waals surface area contributed by atoms with E-state index in [0.717, 1.165) is 12.8 Å². The smallest absolute Gasteiger partial charge is 0.328 e. The van der Waals surface area contributed by atoms with Crippen molar-refractivity contribution >= 4 is 17.9 Å². The number of carboxylic acid groups (broad SMARTS) is 1. The molecule has 28 heavy (non-hydrogen) atoms. The normalized spacial score (nSPS) is 15.2. The maximum Gasteiger partial charge on any atom is 0.328 e. The van der Waals surface area contributed by atoms with E-state index >= 15 is 0 Å². The molecule has 7 nitrogen and oxygen atoms in total. The van der Waals surface area contributed by atoms with Crippen LogP contribution >= 0.6 is 0 Å². The minimum Gasteiger partial charge on any atom is -0.480 e. The van der Waals surface area contributed by atoms with Gasteiger partial charge in [-0.05, 0) is 37.5 Å². The number of carboxylic acids is 1. The molecule has 0 heterocycles. The summed E-state index contributed by atoms with van der Waals surface area (Å²) >= 11 is 0. The molecule has 0 radical (unpaired) electrons. The number of esters is 2. The van der Waals surface area contributed by atoms with Crippen LogP contribution in [0, 0.1) is 11.8 Å². The van der Waals surface area contributed by atoms with Crippen LogP contribution in [0.4, 0.5) is 0 Å². The Morgan fingerprint density at radius 2 is 1.46 bits per heavy atom. The molecule has 0 aliphatic heterocycles. The summed E-state index contributed by atoms with van der Waals surface area (Å²) in [4.78, 5) is 36.1. The van der Waals surface area contributed by atoms with Crippen molar-refractivity contribution in [2.45, 2.75) is 65.8 Å². The van der Waals surface area contributed by atoms with Gasteiger partial charge in [-0.3, -0.25) is 9.59 Å². The highest BCUT2D eigenvalue weighted by molar-refractivity contribution is 5.82. The van der Waals surface area contributed by atoms with Gasteiger partial charge >= 0.3 is 17.9 Å². The fourth-order valence-corrected chi connectivity index (χ4v) is 2.64. The lowest BCUT2D eigenvalue weighted by Crippen LogP contribution is -2.41. The predicted octanol–water partition coefficient (Wildman–Crippen LogP) is 3.63. The fraction of sp³-hybridized carbons (Fsp3) is 0.571. The first-order valence-corrected chi connectivity index (χ1v) is 9.64. The van der Waals surface area contributed by atoms with Gasteiger partial charge in [0.2, 0.25) is 0 Å². The molecule has 0 fully saturated rings. The fourth-order valence-electron chi connectivity index (χ4n) is 2.64. The third-order valence-electron chi connectivity index (χ3n) is 4.66. The molecular formula is C21H31NO6. The van der Waals surface area contributed by atoms with Gasteiger partial charge in [0.05, 0.1) is 11.8 Å². The van der Waals surface area contributed by atoms with Crippen molar-refractivity contribution in [1.82, 2.24) is 0 Å². The van der Waals surface area contributed by atoms with Crippen LogP contribution in [0.15, 0.2) is 18.2 Å². The zero-order chi connectivity index (χ0) is 21.5. The van der Waals surface area contributed by atoms with Crippen molar-refractivity contribution in [1.29, 1.82) is 0 Å². The van der Waals surface area contributed by atoms with Crippen LogP contribution in [0.2, 0.25) is 0 Å². The van der Waals surface area contributed by atoms with Gasteiger partial charge in [0.15, 0.2) is 11.5 Å². The molecule has 3 atom stereocenters. The molecular weight excluding hydrogens is 362 g/mol. The molecule has 0 aromatic heterocycles. The molecule has 0 spiro atoms. The summed E-state index contributed by atoms with van der Waals surface area (Å²) in [5.74, 6) is -2.76. The van der Waals surface area contributed by atoms with Gasteiger partial charge < -0.3 is 20.3 Å². The first kappa shape index (κ1) is 23.6. The molecule has 156 valence electrons. The highest BCUT2D eigenvalue weighted by Crippen LogP contribution is 2.33. The van der Waals surface area contributed by atoms with Crippen LogP contribution in [0.25, 0.3) is 0 Å². The molecule has 0 aliphatic carbocycles. The number of hydrogen-bond donors (Lipinski definition) is 2. The van der Waals surface area contributed by atoms with Gasteiger partial charge in [-0.25, -0.2) is 4.79 Å². The molecule has 0 saturated carbocycles. The van der Waals surface area contributed by atoms with E-state index in [4.69, 9.17) is 15.2 Å². The second kappa shape index (κ2) is 10.2. The van der Waals surface area contributed by atoms with Gasteiger partial charge in [0.1, 0.15) is 5.54 Å². The van der Waals surface area contributed by atoms with Crippen molar-refractivity contribution in [3.63, 3.8) is 0 Å². The third kappa shape index (κ3) is 6.05. The van der Waals surface area contributed by atoms with E-state index in [2.05, 4.69) is 0 Å². The maximum absolute atomic E-state index is 12.4. The van der Waals surface area contributed by atoms with Crippen molar-refractivity contribution in [3.05, 3.63) is 23.8 Å². The SMILES string of the molecule is CCCC(C)C(=O)Oc1ccc([C@](C)(N)C(=O)O)cc1OC(=O)C(C)CCC. The zero-order valence-electron chi connectivity index (χ0n) is 17.3. The predicted molar refractivity (Wildman–Crippen MR) is 105 cm³/mol. The molecule has 0 saturated heterocycles. The number of ether oxygens (including phenoxy) is 2. The van der Waals surface area contributed by atoms with Gasteiger partial charge in [-0.15, -0.1) is 0 Å². The molecule has 0 bridgehead atoms. The largest absolute Gasteiger partial charge is 0.480 e. The van der Waals surface area contributed by atoms with Crippen LogP contribution in [-0.2, 0) is 19.9 Å². The number of nitrogens with two attached hydrogens (primary N) is 1. The Morgan fingerprint density at radius 3 is 1.89 bits per heavy atom. The maximum atomic E-state index is 12.4. The van der Waals surface area contributed by atoms with Gasteiger partial charge in [-0.1, -0.05) is 46.6 Å². The number of carbonyl (C=O) groups excluding carboxylic acids is 2. The van der Waals surface area contributed by atoms with Gasteiger partial charge in [-0.2, -0.15) is 0 Å². The highest BCUT2D eigenvalue weighted by atomic mass is 16.6. The lowest BCUT2D eigenvalue weighted by molar-refractivity contribution is -0.143. The Bertz CT molecular complexity index is 713. The summed E-state index contributed by atoms with van der Waals surface area (Å²) < 4.78 is 10.9. The number of aliphatic carboxylic acids is 1. The van der Waals surface area contributed by atoms with E-state index in [1.165, 1.54) is 25.1 Å². The summed E-state index contributed by atoms with van der Waals surface area (Å²) in [7, 11) is 0. The average Bonchev–Trinajstić information content (AvgIpc) is 2.63. The molecule has 1 aromatic carbocycles. The monoisotopic (exact) mass is 393 g/mol. The molecule has 1 aromatic rings. The van der Waals surface area contributed by atoms with Crippen LogP contribution in [0.3, 0.4) is 0 Å². The standard InChI is InChI=1S/C21H31NO6/c1-6-8-13(3)18(23)27-16-11-10-15(21(5,22)20(25)26)12-17(16)28-19(24)14(4)9-7-2/h10-14H,6-9,22H2,1-5H3,(H,25,26)/t13?,14?,21-/m0/s1. The number of carbonyl (C=O) groups is 3. The van der Waals surface area contributed by atoms with Crippen LogP contribution in [-0.4, -0.2) is 23.0 Å². The van der Waals surface area contributed by atoms with Crippen molar-refractivity contribution < 1.29 is 29.0 Å². The second-order valence-electron chi connectivity index (χ2n) is 7.39. The highest BCUT2D eigenvalue weighted by Gasteiger charge is 2.32. The Hall–Kier alpha value is -2.41. The second-order valence-corrected chi connectivity index (χ2v) is 7.39. The van der Waals surface area contributed by atoms with Crippen LogP contribution in [0.1, 0.15) is 65.9 Å². The molecule has 1 rings (SSSR count). The molecule has 2 unspecified atom stereocenters. The lowest BCUT2D eigenvalue weighted by atomic mass is 9.93. The Balaban J connectivity index is 3.25. The minimum absolute atomic E-state index is 0.0135. The van der Waals surface area contributed by atoms with Crippen LogP contribution in [0.5, 0.6) is 11.5 Å². The summed E-state index contributed by atoms with van der Waals surface area (Å²) in [6.07, 6.45) is 2.95. The topological polar surface area (TPSA) is 116 Å². The summed E-state index contributed by atoms with van der Waals surface area (Å²) in [5.41, 5.74) is 4.42. The van der Waals surface area contributed by atoms with E-state index in [0.29, 0.717) is 12.8 Å². The number of rotatable bonds is 10. The van der Waals surface area contributed by atoms with Crippen molar-refractivity contribution in [3.8, 4) is 11.5 Å². The first-order valence-electron chi connectivity index (χ1n) is 9.64. The molecule has 3 N–H and O–H groups in total. The van der Waals surface area contributed by atoms with Crippen molar-refractivity contribution in [2.75, 3.05) is 0 Å². The van der Waals surface area contributed by atoms with Gasteiger partial charge in [0.25, 0.3) is 0 Å². The Kier molecular flexibility index (Phi) is 8.63. The quantitative estimate of drug-likeness (QED) is 0.460. The van der Waals surface area contributed by atoms with E-state index in [9.17, 15) is 19.5 Å². The third-order valence-corrected chi connectivity index (χ3v) is 4.66. The molecule has 0 amide bonds. The summed E-state index contributed by atoms with van der Waals surface area (Å²) in [6, 6.07) is 4.21. The Labute approximate surface area is 166 Å². The Morgan fingerprint density at radius 1 is 1.00 bits per heavy atom.